The highest BCUT2D eigenvalue weighted by molar-refractivity contribution is 8.03. The van der Waals surface area contributed by atoms with E-state index in [9.17, 15) is 0 Å². The van der Waals surface area contributed by atoms with Crippen LogP contribution in [0.5, 0.6) is 0 Å². The van der Waals surface area contributed by atoms with Crippen LogP contribution in [-0.2, 0) is 0 Å². The zero-order valence-electron chi connectivity index (χ0n) is 12.3. The molecule has 1 aromatic rings. The Hall–Kier alpha value is -1.67. The largest absolute Gasteiger partial charge is 0.343 e. The van der Waals surface area contributed by atoms with Crippen LogP contribution in [0.25, 0.3) is 0 Å². The number of para-hydroxylation sites is 1. The fourth-order valence-corrected chi connectivity index (χ4v) is 3.31. The second kappa shape index (κ2) is 7.20. The van der Waals surface area contributed by atoms with Gasteiger partial charge in [-0.15, -0.1) is 0 Å². The second-order valence-electron chi connectivity index (χ2n) is 4.56. The highest BCUT2D eigenvalue weighted by Crippen LogP contribution is 2.44. The molecule has 0 N–H and O–H groups in total. The first-order chi connectivity index (χ1) is 9.77. The molecular formula is C18H21NS. The summed E-state index contributed by atoms with van der Waals surface area (Å²) in [6, 6.07) is 8.56. The summed E-state index contributed by atoms with van der Waals surface area (Å²) < 4.78 is 0. The molecular weight excluding hydrogens is 262 g/mol. The third-order valence-electron chi connectivity index (χ3n) is 3.21. The molecule has 1 aliphatic heterocycles. The molecule has 0 bridgehead atoms. The lowest BCUT2D eigenvalue weighted by Crippen LogP contribution is -2.21. The highest BCUT2D eigenvalue weighted by atomic mass is 32.2. The summed E-state index contributed by atoms with van der Waals surface area (Å²) in [5.74, 6) is 0. The maximum absolute atomic E-state index is 2.29. The van der Waals surface area contributed by atoms with Gasteiger partial charge in [-0.25, -0.2) is 0 Å². The SMILES string of the molecule is C/C=C\C=C/CC=C1/C(=C\C)Sc2ccccc2N1C. The van der Waals surface area contributed by atoms with E-state index in [-0.39, 0.29) is 0 Å². The first kappa shape index (κ1) is 14.7. The van der Waals surface area contributed by atoms with Crippen molar-refractivity contribution in [2.45, 2.75) is 25.2 Å². The number of likely N-dealkylation sites (N-methyl/N-ethyl adjacent to an activating group) is 1. The average Bonchev–Trinajstić information content (AvgIpc) is 2.48. The molecule has 0 unspecified atom stereocenters. The molecule has 0 atom stereocenters. The zero-order chi connectivity index (χ0) is 14.4. The van der Waals surface area contributed by atoms with Gasteiger partial charge in [-0.1, -0.05) is 60.4 Å². The number of benzene rings is 1. The van der Waals surface area contributed by atoms with Crippen molar-refractivity contribution in [3.8, 4) is 0 Å². The smallest absolute Gasteiger partial charge is 0.0550 e. The molecule has 0 fully saturated rings. The topological polar surface area (TPSA) is 3.24 Å². The third kappa shape index (κ3) is 3.26. The average molecular weight is 283 g/mol. The Kier molecular flexibility index (Phi) is 5.31. The number of allylic oxidation sites excluding steroid dienone is 6. The maximum atomic E-state index is 2.29. The number of thioether (sulfide) groups is 1. The van der Waals surface area contributed by atoms with Crippen molar-refractivity contribution >= 4 is 17.4 Å². The molecule has 0 aliphatic carbocycles. The van der Waals surface area contributed by atoms with E-state index in [0.29, 0.717) is 0 Å². The molecule has 104 valence electrons. The molecule has 1 aliphatic rings. The monoisotopic (exact) mass is 283 g/mol. The Morgan fingerprint density at radius 1 is 1.15 bits per heavy atom. The van der Waals surface area contributed by atoms with Crippen molar-refractivity contribution in [2.24, 2.45) is 0 Å². The molecule has 0 aromatic heterocycles. The van der Waals surface area contributed by atoms with Gasteiger partial charge in [-0.2, -0.15) is 0 Å². The van der Waals surface area contributed by atoms with Crippen molar-refractivity contribution in [3.05, 3.63) is 71.3 Å². The minimum Gasteiger partial charge on any atom is -0.343 e. The first-order valence-electron chi connectivity index (χ1n) is 6.93. The number of hydrogen-bond donors (Lipinski definition) is 0. The predicted octanol–water partition coefficient (Wildman–Crippen LogP) is 5.54. The van der Waals surface area contributed by atoms with Crippen molar-refractivity contribution in [1.29, 1.82) is 0 Å². The summed E-state index contributed by atoms with van der Waals surface area (Å²) in [6.45, 7) is 4.14. The van der Waals surface area contributed by atoms with Crippen molar-refractivity contribution < 1.29 is 0 Å². The van der Waals surface area contributed by atoms with Gasteiger partial charge in [0.25, 0.3) is 0 Å². The molecule has 0 saturated heterocycles. The normalized spacial score (nSPS) is 19.4. The Morgan fingerprint density at radius 3 is 2.70 bits per heavy atom. The van der Waals surface area contributed by atoms with E-state index in [1.807, 2.05) is 24.8 Å². The van der Waals surface area contributed by atoms with Gasteiger partial charge >= 0.3 is 0 Å². The van der Waals surface area contributed by atoms with Crippen molar-refractivity contribution in [2.75, 3.05) is 11.9 Å². The molecule has 0 radical (unpaired) electrons. The summed E-state index contributed by atoms with van der Waals surface area (Å²) >= 11 is 1.85. The standard InChI is InChI=1S/C18H21NS/c1-4-6-7-8-9-12-15-17(5-2)20-18-14-11-10-13-16(18)19(15)3/h4-8,10-14H,9H2,1-3H3/b6-4-,8-7-,15-12?,17-5+. The van der Waals surface area contributed by atoms with Crippen LogP contribution in [0.2, 0.25) is 0 Å². The minimum atomic E-state index is 0.948. The number of fused-ring (bicyclic) bond motifs is 1. The van der Waals surface area contributed by atoms with Crippen molar-refractivity contribution in [3.63, 3.8) is 0 Å². The van der Waals surface area contributed by atoms with E-state index in [4.69, 9.17) is 0 Å². The summed E-state index contributed by atoms with van der Waals surface area (Å²) in [4.78, 5) is 4.93. The lowest BCUT2D eigenvalue weighted by molar-refractivity contribution is 1.07. The summed E-state index contributed by atoms with van der Waals surface area (Å²) in [6.07, 6.45) is 13.8. The quantitative estimate of drug-likeness (QED) is 0.670. The van der Waals surface area contributed by atoms with Crippen LogP contribution >= 0.6 is 11.8 Å². The van der Waals surface area contributed by atoms with Gasteiger partial charge in [0.05, 0.1) is 11.4 Å². The molecule has 0 amide bonds. The molecule has 2 heteroatoms. The number of hydrogen-bond acceptors (Lipinski definition) is 2. The fourth-order valence-electron chi connectivity index (χ4n) is 2.18. The zero-order valence-corrected chi connectivity index (χ0v) is 13.2. The van der Waals surface area contributed by atoms with Crippen LogP contribution in [0, 0.1) is 0 Å². The van der Waals surface area contributed by atoms with Crippen LogP contribution in [-0.4, -0.2) is 7.05 Å². The molecule has 2 rings (SSSR count). The predicted molar refractivity (Wildman–Crippen MR) is 91.1 cm³/mol. The molecule has 20 heavy (non-hydrogen) atoms. The van der Waals surface area contributed by atoms with E-state index >= 15 is 0 Å². The number of anilines is 1. The van der Waals surface area contributed by atoms with E-state index < -0.39 is 0 Å². The van der Waals surface area contributed by atoms with Crippen LogP contribution in [0.3, 0.4) is 0 Å². The number of rotatable bonds is 3. The van der Waals surface area contributed by atoms with Gasteiger partial charge in [-0.05, 0) is 32.4 Å². The Bertz CT molecular complexity index is 579. The van der Waals surface area contributed by atoms with Gasteiger partial charge in [0.15, 0.2) is 0 Å². The molecule has 1 nitrogen and oxygen atoms in total. The summed E-state index contributed by atoms with van der Waals surface area (Å²) in [7, 11) is 2.14. The third-order valence-corrected chi connectivity index (χ3v) is 4.44. The van der Waals surface area contributed by atoms with E-state index in [1.54, 1.807) is 0 Å². The Morgan fingerprint density at radius 2 is 1.95 bits per heavy atom. The maximum Gasteiger partial charge on any atom is 0.0550 e. The van der Waals surface area contributed by atoms with E-state index in [2.05, 4.69) is 73.5 Å². The minimum absolute atomic E-state index is 0.948. The van der Waals surface area contributed by atoms with E-state index in [0.717, 1.165) is 6.42 Å². The number of nitrogens with zero attached hydrogens (tertiary/aromatic N) is 1. The summed E-state index contributed by atoms with van der Waals surface area (Å²) in [5, 5.41) is 0. The lowest BCUT2D eigenvalue weighted by atomic mass is 10.2. The van der Waals surface area contributed by atoms with Gasteiger partial charge < -0.3 is 4.90 Å². The van der Waals surface area contributed by atoms with Crippen LogP contribution in [0.1, 0.15) is 20.3 Å². The molecule has 1 aromatic carbocycles. The molecule has 0 saturated carbocycles. The van der Waals surface area contributed by atoms with E-state index in [1.165, 1.54) is 21.2 Å². The summed E-state index contributed by atoms with van der Waals surface area (Å²) in [5.41, 5.74) is 2.58. The lowest BCUT2D eigenvalue weighted by Gasteiger charge is -2.31. The van der Waals surface area contributed by atoms with Crippen molar-refractivity contribution in [1.82, 2.24) is 0 Å². The first-order valence-corrected chi connectivity index (χ1v) is 7.75. The second-order valence-corrected chi connectivity index (χ2v) is 5.64. The van der Waals surface area contributed by atoms with Crippen LogP contribution in [0.4, 0.5) is 5.69 Å². The molecule has 0 spiro atoms. The van der Waals surface area contributed by atoms with Gasteiger partial charge in [0.2, 0.25) is 0 Å². The van der Waals surface area contributed by atoms with Gasteiger partial charge in [0.1, 0.15) is 0 Å². The van der Waals surface area contributed by atoms with Crippen LogP contribution in [0.15, 0.2) is 76.2 Å². The van der Waals surface area contributed by atoms with Gasteiger partial charge in [0, 0.05) is 16.8 Å². The fraction of sp³-hybridized carbons (Fsp3) is 0.222. The molecule has 1 heterocycles. The van der Waals surface area contributed by atoms with Gasteiger partial charge in [-0.3, -0.25) is 0 Å². The Balaban J connectivity index is 2.26. The highest BCUT2D eigenvalue weighted by Gasteiger charge is 2.21. The van der Waals surface area contributed by atoms with Crippen LogP contribution < -0.4 is 4.90 Å². The Labute approximate surface area is 126 Å².